The number of hydrogen-bond donors (Lipinski definition) is 0. The van der Waals surface area contributed by atoms with E-state index < -0.39 is 0 Å². The molecule has 0 aliphatic rings. The fourth-order valence-electron chi connectivity index (χ4n) is 3.61. The van der Waals surface area contributed by atoms with Crippen LogP contribution in [0.4, 0.5) is 0 Å². The van der Waals surface area contributed by atoms with Crippen molar-refractivity contribution in [2.45, 2.75) is 87.0 Å². The van der Waals surface area contributed by atoms with E-state index in [2.05, 4.69) is 48.5 Å². The van der Waals surface area contributed by atoms with Crippen molar-refractivity contribution < 1.29 is 0 Å². The van der Waals surface area contributed by atoms with Crippen LogP contribution in [0, 0.1) is 29.6 Å². The molecule has 0 aliphatic heterocycles. The fraction of sp³-hybridized carbons (Fsp3) is 1.00. The third-order valence-electron chi connectivity index (χ3n) is 4.85. The van der Waals surface area contributed by atoms with Gasteiger partial charge in [0.15, 0.2) is 0 Å². The first-order valence-corrected chi connectivity index (χ1v) is 8.47. The fourth-order valence-corrected chi connectivity index (χ4v) is 3.61. The molecule has 4 atom stereocenters. The van der Waals surface area contributed by atoms with Crippen molar-refractivity contribution in [2.75, 3.05) is 0 Å². The predicted molar refractivity (Wildman–Crippen MR) is 84.9 cm³/mol. The topological polar surface area (TPSA) is 0 Å². The summed E-state index contributed by atoms with van der Waals surface area (Å²) in [6.45, 7) is 16.8. The van der Waals surface area contributed by atoms with Crippen molar-refractivity contribution in [3.8, 4) is 0 Å². The first kappa shape index (κ1) is 18.0. The molecule has 0 rings (SSSR count). The zero-order valence-electron chi connectivity index (χ0n) is 14.1. The second-order valence-electron chi connectivity index (χ2n) is 6.88. The highest BCUT2D eigenvalue weighted by Crippen LogP contribution is 2.37. The Morgan fingerprint density at radius 1 is 0.778 bits per heavy atom. The number of rotatable bonds is 10. The van der Waals surface area contributed by atoms with Gasteiger partial charge < -0.3 is 0 Å². The normalized spacial score (nSPS) is 18.7. The molecule has 0 aromatic rings. The highest BCUT2D eigenvalue weighted by molar-refractivity contribution is 4.78. The van der Waals surface area contributed by atoms with Gasteiger partial charge in [0, 0.05) is 0 Å². The van der Waals surface area contributed by atoms with E-state index in [1.165, 1.54) is 38.5 Å². The van der Waals surface area contributed by atoms with Gasteiger partial charge in [0.25, 0.3) is 0 Å². The molecule has 0 nitrogen and oxygen atoms in total. The van der Waals surface area contributed by atoms with Gasteiger partial charge in [-0.15, -0.1) is 0 Å². The molecular weight excluding hydrogens is 216 g/mol. The Labute approximate surface area is 117 Å². The Balaban J connectivity index is 4.72. The van der Waals surface area contributed by atoms with Gasteiger partial charge in [0.1, 0.15) is 0 Å². The summed E-state index contributed by atoms with van der Waals surface area (Å²) in [6.07, 6.45) is 8.31. The van der Waals surface area contributed by atoms with Crippen LogP contribution in [0.15, 0.2) is 0 Å². The monoisotopic (exact) mass is 254 g/mol. The first-order chi connectivity index (χ1) is 8.47. The van der Waals surface area contributed by atoms with E-state index in [9.17, 15) is 0 Å². The second kappa shape index (κ2) is 9.87. The lowest BCUT2D eigenvalue weighted by atomic mass is 9.70. The summed E-state index contributed by atoms with van der Waals surface area (Å²) >= 11 is 0. The molecule has 0 fully saturated rings. The van der Waals surface area contributed by atoms with Crippen molar-refractivity contribution in [3.63, 3.8) is 0 Å². The molecule has 0 bridgehead atoms. The van der Waals surface area contributed by atoms with Gasteiger partial charge >= 0.3 is 0 Å². The predicted octanol–water partition coefficient (Wildman–Crippen LogP) is 6.55. The van der Waals surface area contributed by atoms with Crippen LogP contribution in [0.2, 0.25) is 0 Å². The van der Waals surface area contributed by atoms with E-state index in [0.717, 1.165) is 29.6 Å². The highest BCUT2D eigenvalue weighted by atomic mass is 14.3. The summed E-state index contributed by atoms with van der Waals surface area (Å²) in [6, 6.07) is 0. The maximum atomic E-state index is 2.52. The maximum Gasteiger partial charge on any atom is -0.0355 e. The van der Waals surface area contributed by atoms with E-state index in [1.807, 2.05) is 0 Å². The Kier molecular flexibility index (Phi) is 9.87. The average molecular weight is 255 g/mol. The summed E-state index contributed by atoms with van der Waals surface area (Å²) in [7, 11) is 0. The van der Waals surface area contributed by atoms with Crippen LogP contribution in [-0.2, 0) is 0 Å². The van der Waals surface area contributed by atoms with Gasteiger partial charge in [-0.3, -0.25) is 0 Å². The van der Waals surface area contributed by atoms with Crippen molar-refractivity contribution >= 4 is 0 Å². The maximum absolute atomic E-state index is 2.52. The molecule has 0 N–H and O–H groups in total. The lowest BCUT2D eigenvalue weighted by Crippen LogP contribution is -2.27. The van der Waals surface area contributed by atoms with E-state index in [4.69, 9.17) is 0 Å². The van der Waals surface area contributed by atoms with Crippen LogP contribution in [0.1, 0.15) is 87.0 Å². The van der Waals surface area contributed by atoms with Gasteiger partial charge in [-0.25, -0.2) is 0 Å². The van der Waals surface area contributed by atoms with Crippen LogP contribution < -0.4 is 0 Å². The Morgan fingerprint density at radius 3 is 1.72 bits per heavy atom. The van der Waals surface area contributed by atoms with Crippen LogP contribution in [0.3, 0.4) is 0 Å². The molecule has 0 saturated heterocycles. The SMILES string of the molecule is CCCC(C)C(C)C(CC(C)C)C(CC)CCC. The second-order valence-corrected chi connectivity index (χ2v) is 6.88. The van der Waals surface area contributed by atoms with Crippen molar-refractivity contribution in [1.29, 1.82) is 0 Å². The molecule has 110 valence electrons. The molecule has 0 heteroatoms. The average Bonchev–Trinajstić information content (AvgIpc) is 2.32. The van der Waals surface area contributed by atoms with Crippen LogP contribution in [0.5, 0.6) is 0 Å². The lowest BCUT2D eigenvalue weighted by Gasteiger charge is -2.36. The van der Waals surface area contributed by atoms with Crippen molar-refractivity contribution in [2.24, 2.45) is 29.6 Å². The van der Waals surface area contributed by atoms with Crippen molar-refractivity contribution in [1.82, 2.24) is 0 Å². The quantitative estimate of drug-likeness (QED) is 0.415. The zero-order valence-corrected chi connectivity index (χ0v) is 14.1. The molecule has 0 heterocycles. The minimum Gasteiger partial charge on any atom is -0.0654 e. The molecule has 0 radical (unpaired) electrons. The first-order valence-electron chi connectivity index (χ1n) is 8.47. The third kappa shape index (κ3) is 6.25. The van der Waals surface area contributed by atoms with E-state index >= 15 is 0 Å². The van der Waals surface area contributed by atoms with E-state index in [1.54, 1.807) is 0 Å². The van der Waals surface area contributed by atoms with Gasteiger partial charge in [-0.1, -0.05) is 80.6 Å². The standard InChI is InChI=1S/C18H38/c1-8-11-15(6)16(7)18(13-14(4)5)17(10-3)12-9-2/h14-18H,8-13H2,1-7H3. The van der Waals surface area contributed by atoms with E-state index in [-0.39, 0.29) is 0 Å². The van der Waals surface area contributed by atoms with Gasteiger partial charge in [0.2, 0.25) is 0 Å². The highest BCUT2D eigenvalue weighted by Gasteiger charge is 2.28. The molecule has 0 spiro atoms. The Bertz CT molecular complexity index is 182. The summed E-state index contributed by atoms with van der Waals surface area (Å²) in [5.74, 6) is 4.52. The van der Waals surface area contributed by atoms with Gasteiger partial charge in [-0.05, 0) is 36.0 Å². The molecule has 0 aliphatic carbocycles. The summed E-state index contributed by atoms with van der Waals surface area (Å²) in [5.41, 5.74) is 0. The molecular formula is C18H38. The summed E-state index contributed by atoms with van der Waals surface area (Å²) in [5, 5.41) is 0. The summed E-state index contributed by atoms with van der Waals surface area (Å²) in [4.78, 5) is 0. The molecule has 4 unspecified atom stereocenters. The third-order valence-corrected chi connectivity index (χ3v) is 4.85. The van der Waals surface area contributed by atoms with E-state index in [0.29, 0.717) is 0 Å². The summed E-state index contributed by atoms with van der Waals surface area (Å²) < 4.78 is 0. The van der Waals surface area contributed by atoms with Gasteiger partial charge in [0.05, 0.1) is 0 Å². The van der Waals surface area contributed by atoms with Crippen LogP contribution >= 0.6 is 0 Å². The largest absolute Gasteiger partial charge is 0.0654 e. The van der Waals surface area contributed by atoms with Gasteiger partial charge in [-0.2, -0.15) is 0 Å². The Hall–Kier alpha value is 0. The smallest absolute Gasteiger partial charge is 0.0355 e. The van der Waals surface area contributed by atoms with Crippen molar-refractivity contribution in [3.05, 3.63) is 0 Å². The number of hydrogen-bond acceptors (Lipinski definition) is 0. The molecule has 0 saturated carbocycles. The minimum atomic E-state index is 0.845. The lowest BCUT2D eigenvalue weighted by molar-refractivity contribution is 0.139. The molecule has 0 aromatic carbocycles. The minimum absolute atomic E-state index is 0.845. The zero-order chi connectivity index (χ0) is 14.1. The molecule has 0 aromatic heterocycles. The van der Waals surface area contributed by atoms with Crippen LogP contribution in [0.25, 0.3) is 0 Å². The Morgan fingerprint density at radius 2 is 1.33 bits per heavy atom. The van der Waals surface area contributed by atoms with Crippen LogP contribution in [-0.4, -0.2) is 0 Å². The molecule has 0 amide bonds. The molecule has 18 heavy (non-hydrogen) atoms.